The molecule has 0 aromatic carbocycles. The summed E-state index contributed by atoms with van der Waals surface area (Å²) < 4.78 is 0. The summed E-state index contributed by atoms with van der Waals surface area (Å²) in [7, 11) is 2.24. The van der Waals surface area contributed by atoms with Gasteiger partial charge in [0.1, 0.15) is 7.85 Å². The minimum atomic E-state index is 0.555. The van der Waals surface area contributed by atoms with Crippen LogP contribution in [-0.2, 0) is 0 Å². The Hall–Kier alpha value is -0.455. The first kappa shape index (κ1) is 11.5. The molecule has 0 rings (SSSR count). The minimum absolute atomic E-state index is 0.555. The molecular formula is C11H21B. The van der Waals surface area contributed by atoms with E-state index in [1.54, 1.807) is 0 Å². The summed E-state index contributed by atoms with van der Waals surface area (Å²) in [6.45, 7) is 16.8. The maximum Gasteiger partial charge on any atom is 0.111 e. The van der Waals surface area contributed by atoms with Gasteiger partial charge in [0.25, 0.3) is 0 Å². The zero-order chi connectivity index (χ0) is 9.89. The van der Waals surface area contributed by atoms with Crippen LogP contribution < -0.4 is 0 Å². The molecule has 12 heavy (non-hydrogen) atoms. The molecule has 0 aromatic rings. The fourth-order valence-electron chi connectivity index (χ4n) is 1.27. The highest BCUT2D eigenvalue weighted by Crippen LogP contribution is 2.31. The maximum atomic E-state index is 4.12. The van der Waals surface area contributed by atoms with Crippen molar-refractivity contribution in [2.45, 2.75) is 33.5 Å². The normalized spacial score (nSPS) is 15.8. The number of hydrogen-bond donors (Lipinski definition) is 0. The third-order valence-electron chi connectivity index (χ3n) is 2.85. The molecule has 0 radical (unpaired) electrons. The molecule has 0 bridgehead atoms. The molecule has 0 heterocycles. The molecule has 2 atom stereocenters. The fraction of sp³-hybridized carbons (Fsp3) is 0.636. The Balaban J connectivity index is 4.29. The van der Waals surface area contributed by atoms with Crippen molar-refractivity contribution in [2.75, 3.05) is 0 Å². The van der Waals surface area contributed by atoms with E-state index >= 15 is 0 Å². The van der Waals surface area contributed by atoms with Gasteiger partial charge in [-0.1, -0.05) is 38.5 Å². The zero-order valence-electron chi connectivity index (χ0n) is 9.15. The molecule has 0 nitrogen and oxygen atoms in total. The Morgan fingerprint density at radius 3 is 1.83 bits per heavy atom. The van der Waals surface area contributed by atoms with E-state index in [-0.39, 0.29) is 0 Å². The first-order valence-electron chi connectivity index (χ1n) is 4.72. The highest BCUT2D eigenvalue weighted by Gasteiger charge is 2.17. The van der Waals surface area contributed by atoms with Gasteiger partial charge >= 0.3 is 0 Å². The molecule has 1 heteroatoms. The molecule has 0 amide bonds. The van der Waals surface area contributed by atoms with Crippen LogP contribution in [0.4, 0.5) is 0 Å². The first-order valence-corrected chi connectivity index (χ1v) is 4.72. The van der Waals surface area contributed by atoms with E-state index in [1.807, 2.05) is 0 Å². The molecule has 0 aromatic heterocycles. The van der Waals surface area contributed by atoms with Crippen molar-refractivity contribution < 1.29 is 0 Å². The van der Waals surface area contributed by atoms with Crippen LogP contribution in [0.15, 0.2) is 24.3 Å². The van der Waals surface area contributed by atoms with E-state index in [9.17, 15) is 0 Å². The van der Waals surface area contributed by atoms with Crippen LogP contribution in [0, 0.1) is 11.8 Å². The van der Waals surface area contributed by atoms with Gasteiger partial charge in [0, 0.05) is 0 Å². The van der Waals surface area contributed by atoms with E-state index in [4.69, 9.17) is 0 Å². The van der Waals surface area contributed by atoms with Gasteiger partial charge in [0.15, 0.2) is 0 Å². The first-order chi connectivity index (χ1) is 5.37. The molecule has 0 aliphatic heterocycles. The second-order valence-electron chi connectivity index (χ2n) is 4.15. The van der Waals surface area contributed by atoms with Crippen LogP contribution >= 0.6 is 0 Å². The van der Waals surface area contributed by atoms with Crippen molar-refractivity contribution >= 4 is 7.85 Å². The lowest BCUT2D eigenvalue weighted by molar-refractivity contribution is 0.611. The van der Waals surface area contributed by atoms with Crippen LogP contribution in [0.1, 0.15) is 27.7 Å². The summed E-state index contributed by atoms with van der Waals surface area (Å²) in [4.78, 5) is 0. The average molecular weight is 164 g/mol. The van der Waals surface area contributed by atoms with Crippen LogP contribution in [0.3, 0.4) is 0 Å². The lowest BCUT2D eigenvalue weighted by Gasteiger charge is -2.24. The third-order valence-corrected chi connectivity index (χ3v) is 2.85. The summed E-state index contributed by atoms with van der Waals surface area (Å²) >= 11 is 0. The lowest BCUT2D eigenvalue weighted by Crippen LogP contribution is -2.12. The van der Waals surface area contributed by atoms with Crippen LogP contribution in [0.25, 0.3) is 0 Å². The Labute approximate surface area is 78.2 Å². The molecule has 68 valence electrons. The van der Waals surface area contributed by atoms with Gasteiger partial charge in [0.05, 0.1) is 0 Å². The van der Waals surface area contributed by atoms with Gasteiger partial charge in [-0.2, -0.15) is 0 Å². The van der Waals surface area contributed by atoms with Crippen LogP contribution in [-0.4, -0.2) is 7.85 Å². The Kier molecular flexibility index (Phi) is 4.37. The summed E-state index contributed by atoms with van der Waals surface area (Å²) in [5.74, 6) is 1.70. The van der Waals surface area contributed by atoms with Gasteiger partial charge in [-0.25, -0.2) is 0 Å². The molecule has 0 saturated carbocycles. The van der Waals surface area contributed by atoms with Crippen LogP contribution in [0.5, 0.6) is 0 Å². The molecule has 0 spiro atoms. The smallest absolute Gasteiger partial charge is 0.100 e. The monoisotopic (exact) mass is 164 g/mol. The predicted molar refractivity (Wildman–Crippen MR) is 60.3 cm³/mol. The molecular weight excluding hydrogens is 143 g/mol. The highest BCUT2D eigenvalue weighted by atomic mass is 14.2. The Morgan fingerprint density at radius 2 is 1.58 bits per heavy atom. The molecule has 2 unspecified atom stereocenters. The summed E-state index contributed by atoms with van der Waals surface area (Å²) in [6.07, 6.45) is 0. The minimum Gasteiger partial charge on any atom is -0.100 e. The van der Waals surface area contributed by atoms with Crippen molar-refractivity contribution in [2.24, 2.45) is 11.8 Å². The average Bonchev–Trinajstić information content (AvgIpc) is 2.00. The predicted octanol–water partition coefficient (Wildman–Crippen LogP) is 2.83. The molecule has 0 saturated heterocycles. The fourth-order valence-corrected chi connectivity index (χ4v) is 1.27. The second-order valence-corrected chi connectivity index (χ2v) is 4.15. The van der Waals surface area contributed by atoms with E-state index < -0.39 is 0 Å². The van der Waals surface area contributed by atoms with Gasteiger partial charge in [-0.3, -0.25) is 0 Å². The largest absolute Gasteiger partial charge is 0.111 e. The standard InChI is InChI=1S/C11H21B/c1-7(2)9(5)11(12)10(6)8(3)4/h8-9,11H,1,6,12H2,2-5H3. The lowest BCUT2D eigenvalue weighted by atomic mass is 9.68. The zero-order valence-corrected chi connectivity index (χ0v) is 9.15. The van der Waals surface area contributed by atoms with Gasteiger partial charge < -0.3 is 0 Å². The van der Waals surface area contributed by atoms with Crippen molar-refractivity contribution in [3.63, 3.8) is 0 Å². The van der Waals surface area contributed by atoms with Gasteiger partial charge in [0.2, 0.25) is 0 Å². The van der Waals surface area contributed by atoms with Crippen molar-refractivity contribution in [1.82, 2.24) is 0 Å². The van der Waals surface area contributed by atoms with E-state index in [1.165, 1.54) is 11.1 Å². The topological polar surface area (TPSA) is 0 Å². The van der Waals surface area contributed by atoms with E-state index in [2.05, 4.69) is 48.7 Å². The Morgan fingerprint density at radius 1 is 1.17 bits per heavy atom. The van der Waals surface area contributed by atoms with Crippen molar-refractivity contribution in [3.8, 4) is 0 Å². The quantitative estimate of drug-likeness (QED) is 0.442. The second kappa shape index (κ2) is 4.54. The summed E-state index contributed by atoms with van der Waals surface area (Å²) in [6, 6.07) is 0. The van der Waals surface area contributed by atoms with Gasteiger partial charge in [-0.15, -0.1) is 6.58 Å². The summed E-state index contributed by atoms with van der Waals surface area (Å²) in [5.41, 5.74) is 2.59. The molecule has 0 fully saturated rings. The molecule has 0 aliphatic carbocycles. The number of allylic oxidation sites excluding steroid dienone is 2. The van der Waals surface area contributed by atoms with E-state index in [0.717, 1.165) is 0 Å². The SMILES string of the molecule is BC(C(=C)C(C)C)C(C)C(=C)C. The molecule has 0 aliphatic rings. The number of hydrogen-bond acceptors (Lipinski definition) is 0. The highest BCUT2D eigenvalue weighted by molar-refractivity contribution is 6.14. The van der Waals surface area contributed by atoms with Crippen molar-refractivity contribution in [3.05, 3.63) is 24.3 Å². The number of rotatable bonds is 4. The third kappa shape index (κ3) is 2.88. The Bertz CT molecular complexity index is 179. The van der Waals surface area contributed by atoms with E-state index in [0.29, 0.717) is 17.7 Å². The summed E-state index contributed by atoms with van der Waals surface area (Å²) in [5, 5.41) is 0. The maximum absolute atomic E-state index is 4.12. The van der Waals surface area contributed by atoms with Gasteiger partial charge in [-0.05, 0) is 24.6 Å². The van der Waals surface area contributed by atoms with Crippen LogP contribution in [0.2, 0.25) is 5.82 Å². The van der Waals surface area contributed by atoms with Crippen molar-refractivity contribution in [1.29, 1.82) is 0 Å². The molecule has 0 N–H and O–H groups in total.